The van der Waals surface area contributed by atoms with Gasteiger partial charge in [0.15, 0.2) is 5.58 Å². The van der Waals surface area contributed by atoms with Gasteiger partial charge >= 0.3 is 0 Å². The smallest absolute Gasteiger partial charge is 0.235 e. The molecule has 1 aliphatic heterocycles. The van der Waals surface area contributed by atoms with E-state index in [1.54, 1.807) is 0 Å². The molecule has 9 aromatic carbocycles. The number of rotatable bonds is 2. The number of benzene rings is 9. The first-order chi connectivity index (χ1) is 29.3. The minimum Gasteiger partial charge on any atom is -0.454 e. The topological polar surface area (TPSA) is 42.2 Å². The Labute approximate surface area is 347 Å². The number of anilines is 3. The van der Waals surface area contributed by atoms with E-state index in [4.69, 9.17) is 14.4 Å². The van der Waals surface area contributed by atoms with Crippen molar-refractivity contribution in [1.82, 2.24) is 9.97 Å². The Hall–Kier alpha value is -7.30. The van der Waals surface area contributed by atoms with Gasteiger partial charge in [-0.05, 0) is 78.5 Å². The van der Waals surface area contributed by atoms with Gasteiger partial charge in [0, 0.05) is 37.9 Å². The van der Waals surface area contributed by atoms with Gasteiger partial charge in [-0.15, -0.1) is 0 Å². The molecule has 11 aromatic rings. The molecular formula is C56H39N3O. The molecule has 0 radical (unpaired) electrons. The molecule has 2 aliphatic rings. The number of para-hydroxylation sites is 2. The highest BCUT2D eigenvalue weighted by Gasteiger charge is 2.42. The van der Waals surface area contributed by atoms with Crippen LogP contribution in [0.4, 0.5) is 17.3 Å². The van der Waals surface area contributed by atoms with Crippen molar-refractivity contribution >= 4 is 82.5 Å². The molecule has 3 heterocycles. The Morgan fingerprint density at radius 2 is 1.05 bits per heavy atom. The lowest BCUT2D eigenvalue weighted by Crippen LogP contribution is -2.32. The third kappa shape index (κ3) is 4.25. The van der Waals surface area contributed by atoms with E-state index in [-0.39, 0.29) is 10.8 Å². The lowest BCUT2D eigenvalue weighted by atomic mass is 9.71. The van der Waals surface area contributed by atoms with Crippen molar-refractivity contribution in [3.05, 3.63) is 186 Å². The number of nitrogens with zero attached hydrogens (tertiary/aromatic N) is 3. The van der Waals surface area contributed by atoms with Crippen LogP contribution in [0.3, 0.4) is 0 Å². The fourth-order valence-electron chi connectivity index (χ4n) is 11.1. The summed E-state index contributed by atoms with van der Waals surface area (Å²) in [5.41, 5.74) is 13.8. The Kier molecular flexibility index (Phi) is 6.55. The van der Waals surface area contributed by atoms with Crippen LogP contribution in [-0.2, 0) is 10.8 Å². The molecule has 0 atom stereocenters. The maximum atomic E-state index is 7.06. The van der Waals surface area contributed by atoms with Crippen LogP contribution in [0.15, 0.2) is 168 Å². The van der Waals surface area contributed by atoms with Crippen LogP contribution < -0.4 is 4.90 Å². The molecule has 0 N–H and O–H groups in total. The average Bonchev–Trinajstić information content (AvgIpc) is 3.79. The highest BCUT2D eigenvalue weighted by molar-refractivity contribution is 6.28. The Morgan fingerprint density at radius 1 is 0.467 bits per heavy atom. The van der Waals surface area contributed by atoms with E-state index < -0.39 is 0 Å². The van der Waals surface area contributed by atoms with Crippen LogP contribution >= 0.6 is 0 Å². The van der Waals surface area contributed by atoms with Gasteiger partial charge in [-0.1, -0.05) is 173 Å². The molecule has 4 heteroatoms. The van der Waals surface area contributed by atoms with Gasteiger partial charge in [0.2, 0.25) is 5.95 Å². The van der Waals surface area contributed by atoms with Crippen molar-refractivity contribution in [2.24, 2.45) is 0 Å². The van der Waals surface area contributed by atoms with E-state index >= 15 is 0 Å². The lowest BCUT2D eigenvalue weighted by Gasteiger charge is -2.41. The average molecular weight is 770 g/mol. The van der Waals surface area contributed by atoms with E-state index in [1.807, 2.05) is 0 Å². The molecule has 0 fully saturated rings. The fourth-order valence-corrected chi connectivity index (χ4v) is 11.1. The number of furan rings is 1. The predicted octanol–water partition coefficient (Wildman–Crippen LogP) is 15.1. The van der Waals surface area contributed by atoms with Gasteiger partial charge in [-0.2, -0.15) is 0 Å². The minimum absolute atomic E-state index is 0.174. The quantitative estimate of drug-likeness (QED) is 0.164. The molecule has 1 aliphatic carbocycles. The van der Waals surface area contributed by atoms with E-state index in [0.29, 0.717) is 5.95 Å². The van der Waals surface area contributed by atoms with Crippen molar-refractivity contribution in [3.63, 3.8) is 0 Å². The summed E-state index contributed by atoms with van der Waals surface area (Å²) in [5, 5.41) is 10.3. The molecule has 0 spiro atoms. The second kappa shape index (κ2) is 11.7. The monoisotopic (exact) mass is 769 g/mol. The van der Waals surface area contributed by atoms with Crippen LogP contribution in [-0.4, -0.2) is 9.97 Å². The van der Waals surface area contributed by atoms with Gasteiger partial charge in [0.1, 0.15) is 5.58 Å². The summed E-state index contributed by atoms with van der Waals surface area (Å²) in [7, 11) is 0. The summed E-state index contributed by atoms with van der Waals surface area (Å²) in [5.74, 6) is 0.613. The van der Waals surface area contributed by atoms with Crippen molar-refractivity contribution < 1.29 is 4.42 Å². The van der Waals surface area contributed by atoms with Crippen LogP contribution in [0.5, 0.6) is 0 Å². The number of aromatic nitrogens is 2. The summed E-state index contributed by atoms with van der Waals surface area (Å²) >= 11 is 0. The van der Waals surface area contributed by atoms with Gasteiger partial charge in [-0.25, -0.2) is 9.97 Å². The molecule has 0 unspecified atom stereocenters. The molecule has 0 saturated heterocycles. The number of fused-ring (bicyclic) bond motifs is 18. The van der Waals surface area contributed by atoms with Crippen molar-refractivity contribution in [1.29, 1.82) is 0 Å². The standard InChI is InChI=1S/C56H39N3O/c1-55(2)42-25-13-11-19-35(42)36-30-29-32(31-44(36)55)50-48-37-20-7-5-17-33(37)34-18-6-10-23-40(34)51(48)58-54(57-50)59-45-27-15-14-26-43(45)56(3,4)49-39-22-9-8-21-38(39)47-41-24-12-16-28-46(41)60-53(47)52(49)59/h5-31H,1-4H3. The van der Waals surface area contributed by atoms with E-state index in [0.717, 1.165) is 66.2 Å². The normalized spacial score (nSPS) is 14.9. The summed E-state index contributed by atoms with van der Waals surface area (Å²) in [6.07, 6.45) is 0. The molecule has 2 aromatic heterocycles. The summed E-state index contributed by atoms with van der Waals surface area (Å²) in [6, 6.07) is 59.3. The molecule has 284 valence electrons. The molecule has 0 amide bonds. The maximum absolute atomic E-state index is 7.06. The van der Waals surface area contributed by atoms with Gasteiger partial charge < -0.3 is 4.42 Å². The fraction of sp³-hybridized carbons (Fsp3) is 0.107. The number of hydrogen-bond acceptors (Lipinski definition) is 4. The largest absolute Gasteiger partial charge is 0.454 e. The molecule has 13 rings (SSSR count). The second-order valence-electron chi connectivity index (χ2n) is 17.7. The van der Waals surface area contributed by atoms with Gasteiger partial charge in [-0.3, -0.25) is 4.90 Å². The van der Waals surface area contributed by atoms with E-state index in [1.165, 1.54) is 54.9 Å². The molecule has 0 bridgehead atoms. The first-order valence-corrected chi connectivity index (χ1v) is 20.9. The van der Waals surface area contributed by atoms with Crippen molar-refractivity contribution in [3.8, 4) is 22.4 Å². The zero-order valence-corrected chi connectivity index (χ0v) is 33.8. The molecule has 4 nitrogen and oxygen atoms in total. The van der Waals surface area contributed by atoms with Crippen LogP contribution in [0.25, 0.3) is 87.5 Å². The van der Waals surface area contributed by atoms with Gasteiger partial charge in [0.05, 0.1) is 22.6 Å². The summed E-state index contributed by atoms with van der Waals surface area (Å²) in [6.45, 7) is 9.39. The highest BCUT2D eigenvalue weighted by atomic mass is 16.3. The predicted molar refractivity (Wildman–Crippen MR) is 249 cm³/mol. The highest BCUT2D eigenvalue weighted by Crippen LogP contribution is 2.58. The molecule has 60 heavy (non-hydrogen) atoms. The van der Waals surface area contributed by atoms with Crippen LogP contribution in [0, 0.1) is 0 Å². The third-order valence-electron chi connectivity index (χ3n) is 13.8. The first-order valence-electron chi connectivity index (χ1n) is 20.9. The van der Waals surface area contributed by atoms with Crippen molar-refractivity contribution in [2.75, 3.05) is 4.90 Å². The second-order valence-corrected chi connectivity index (χ2v) is 17.7. The summed E-state index contributed by atoms with van der Waals surface area (Å²) < 4.78 is 7.06. The van der Waals surface area contributed by atoms with Gasteiger partial charge in [0.25, 0.3) is 0 Å². The van der Waals surface area contributed by atoms with E-state index in [9.17, 15) is 0 Å². The Bertz CT molecular complexity index is 3680. The third-order valence-corrected chi connectivity index (χ3v) is 13.8. The minimum atomic E-state index is -0.377. The zero-order chi connectivity index (χ0) is 40.1. The maximum Gasteiger partial charge on any atom is 0.235 e. The molecule has 0 saturated carbocycles. The van der Waals surface area contributed by atoms with Crippen LogP contribution in [0.1, 0.15) is 49.9 Å². The lowest BCUT2D eigenvalue weighted by molar-refractivity contribution is 0.628. The SMILES string of the molecule is CC1(C)c2ccccc2-c2ccc(-c3nc(N4c5ccccc5C(C)(C)c5c4c4oc6ccccc6c4c4ccccc54)nc4c5ccccc5c5ccccc5c34)cc21. The Morgan fingerprint density at radius 3 is 1.83 bits per heavy atom. The van der Waals surface area contributed by atoms with E-state index in [2.05, 4.69) is 196 Å². The summed E-state index contributed by atoms with van der Waals surface area (Å²) in [4.78, 5) is 13.9. The molecular weight excluding hydrogens is 731 g/mol. The number of hydrogen-bond donors (Lipinski definition) is 0. The Balaban J connectivity index is 1.21. The zero-order valence-electron chi connectivity index (χ0n) is 33.8. The van der Waals surface area contributed by atoms with Crippen molar-refractivity contribution in [2.45, 2.75) is 38.5 Å². The first kappa shape index (κ1) is 33.6. The van der Waals surface area contributed by atoms with Crippen LogP contribution in [0.2, 0.25) is 0 Å².